The van der Waals surface area contributed by atoms with Crippen molar-refractivity contribution in [2.45, 2.75) is 44.7 Å². The van der Waals surface area contributed by atoms with Crippen LogP contribution in [-0.2, 0) is 4.79 Å². The monoisotopic (exact) mass is 359 g/mol. The zero-order valence-electron chi connectivity index (χ0n) is 15.1. The SMILES string of the molecule is C[C@@H]1CCCCN1C(=O)N[C@@H]1CC(=O)N(c2ccc3c(c2)OCCO3)C1. The summed E-state index contributed by atoms with van der Waals surface area (Å²) >= 11 is 0. The van der Waals surface area contributed by atoms with Crippen molar-refractivity contribution in [2.75, 3.05) is 31.2 Å². The van der Waals surface area contributed by atoms with Gasteiger partial charge in [-0.3, -0.25) is 4.79 Å². The highest BCUT2D eigenvalue weighted by molar-refractivity contribution is 5.97. The van der Waals surface area contributed by atoms with Crippen LogP contribution >= 0.6 is 0 Å². The number of fused-ring (bicyclic) bond motifs is 1. The number of piperidine rings is 1. The lowest BCUT2D eigenvalue weighted by Gasteiger charge is -2.34. The van der Waals surface area contributed by atoms with Crippen LogP contribution < -0.4 is 19.7 Å². The van der Waals surface area contributed by atoms with E-state index < -0.39 is 0 Å². The van der Waals surface area contributed by atoms with E-state index in [-0.39, 0.29) is 24.0 Å². The van der Waals surface area contributed by atoms with Crippen molar-refractivity contribution < 1.29 is 19.1 Å². The van der Waals surface area contributed by atoms with Gasteiger partial charge in [0.1, 0.15) is 13.2 Å². The fourth-order valence-corrected chi connectivity index (χ4v) is 3.91. The smallest absolute Gasteiger partial charge is 0.317 e. The van der Waals surface area contributed by atoms with Crippen molar-refractivity contribution in [2.24, 2.45) is 0 Å². The molecule has 7 nitrogen and oxygen atoms in total. The highest BCUT2D eigenvalue weighted by atomic mass is 16.6. The van der Waals surface area contributed by atoms with E-state index in [0.29, 0.717) is 37.7 Å². The number of likely N-dealkylation sites (tertiary alicyclic amines) is 1. The Hall–Kier alpha value is -2.44. The van der Waals surface area contributed by atoms with Gasteiger partial charge in [0.2, 0.25) is 5.91 Å². The van der Waals surface area contributed by atoms with Crippen molar-refractivity contribution in [3.63, 3.8) is 0 Å². The second kappa shape index (κ2) is 7.05. The molecule has 2 saturated heterocycles. The lowest BCUT2D eigenvalue weighted by atomic mass is 10.0. The molecule has 3 aliphatic rings. The third-order valence-corrected chi connectivity index (χ3v) is 5.35. The number of rotatable bonds is 2. The molecule has 1 aromatic rings. The molecule has 0 spiro atoms. The predicted octanol–water partition coefficient (Wildman–Crippen LogP) is 2.15. The van der Waals surface area contributed by atoms with Gasteiger partial charge in [0, 0.05) is 37.3 Å². The Balaban J connectivity index is 1.41. The van der Waals surface area contributed by atoms with Crippen LogP contribution in [0.1, 0.15) is 32.6 Å². The Labute approximate surface area is 153 Å². The summed E-state index contributed by atoms with van der Waals surface area (Å²) < 4.78 is 11.1. The van der Waals surface area contributed by atoms with Crippen LogP contribution in [-0.4, -0.2) is 55.2 Å². The molecule has 0 aromatic heterocycles. The molecule has 2 atom stereocenters. The Morgan fingerprint density at radius 3 is 2.81 bits per heavy atom. The maximum Gasteiger partial charge on any atom is 0.317 e. The highest BCUT2D eigenvalue weighted by Crippen LogP contribution is 2.35. The van der Waals surface area contributed by atoms with Gasteiger partial charge >= 0.3 is 6.03 Å². The zero-order chi connectivity index (χ0) is 18.1. The third-order valence-electron chi connectivity index (χ3n) is 5.35. The molecule has 140 valence electrons. The minimum Gasteiger partial charge on any atom is -0.486 e. The van der Waals surface area contributed by atoms with Crippen LogP contribution in [0, 0.1) is 0 Å². The molecule has 3 aliphatic heterocycles. The van der Waals surface area contributed by atoms with E-state index in [1.807, 2.05) is 23.1 Å². The van der Waals surface area contributed by atoms with Gasteiger partial charge in [0.25, 0.3) is 0 Å². The number of amides is 3. The van der Waals surface area contributed by atoms with E-state index in [4.69, 9.17) is 9.47 Å². The molecule has 3 amide bonds. The molecule has 7 heteroatoms. The van der Waals surface area contributed by atoms with E-state index in [1.54, 1.807) is 4.90 Å². The number of hydrogen-bond donors (Lipinski definition) is 1. The first-order valence-electron chi connectivity index (χ1n) is 9.39. The number of nitrogens with zero attached hydrogens (tertiary/aromatic N) is 2. The number of carbonyl (C=O) groups excluding carboxylic acids is 2. The van der Waals surface area contributed by atoms with Gasteiger partial charge in [0.15, 0.2) is 11.5 Å². The zero-order valence-corrected chi connectivity index (χ0v) is 15.1. The molecule has 3 heterocycles. The summed E-state index contributed by atoms with van der Waals surface area (Å²) in [5, 5.41) is 3.04. The molecule has 2 fully saturated rings. The Morgan fingerprint density at radius 2 is 2.00 bits per heavy atom. The molecule has 26 heavy (non-hydrogen) atoms. The first kappa shape index (κ1) is 17.0. The Kier molecular flexibility index (Phi) is 4.61. The van der Waals surface area contributed by atoms with Crippen molar-refractivity contribution >= 4 is 17.6 Å². The second-order valence-electron chi connectivity index (χ2n) is 7.22. The molecular weight excluding hydrogens is 334 g/mol. The van der Waals surface area contributed by atoms with Gasteiger partial charge in [-0.2, -0.15) is 0 Å². The highest BCUT2D eigenvalue weighted by Gasteiger charge is 2.34. The van der Waals surface area contributed by atoms with E-state index in [2.05, 4.69) is 12.2 Å². The van der Waals surface area contributed by atoms with Crippen molar-refractivity contribution in [1.82, 2.24) is 10.2 Å². The Morgan fingerprint density at radius 1 is 1.19 bits per heavy atom. The third kappa shape index (κ3) is 3.30. The van der Waals surface area contributed by atoms with Crippen molar-refractivity contribution in [3.05, 3.63) is 18.2 Å². The normalized spacial score (nSPS) is 25.3. The maximum absolute atomic E-state index is 12.6. The number of benzene rings is 1. The standard InChI is InChI=1S/C19H25N3O4/c1-13-4-2-3-7-21(13)19(24)20-14-10-18(23)22(12-14)15-5-6-16-17(11-15)26-9-8-25-16/h5-6,11,13-14H,2-4,7-10,12H2,1H3,(H,20,24)/t13-,14-/m1/s1. The number of ether oxygens (including phenoxy) is 2. The lowest BCUT2D eigenvalue weighted by molar-refractivity contribution is -0.117. The van der Waals surface area contributed by atoms with Gasteiger partial charge in [0.05, 0.1) is 6.04 Å². The summed E-state index contributed by atoms with van der Waals surface area (Å²) in [6, 6.07) is 5.57. The van der Waals surface area contributed by atoms with Gasteiger partial charge in [-0.25, -0.2) is 4.79 Å². The summed E-state index contributed by atoms with van der Waals surface area (Å²) in [5.41, 5.74) is 0.780. The van der Waals surface area contributed by atoms with E-state index in [1.165, 1.54) is 6.42 Å². The quantitative estimate of drug-likeness (QED) is 0.878. The van der Waals surface area contributed by atoms with Crippen LogP contribution in [0.25, 0.3) is 0 Å². The van der Waals surface area contributed by atoms with Crippen LogP contribution in [0.2, 0.25) is 0 Å². The van der Waals surface area contributed by atoms with Crippen LogP contribution in [0.15, 0.2) is 18.2 Å². The lowest BCUT2D eigenvalue weighted by Crippen LogP contribution is -2.50. The average Bonchev–Trinajstić information content (AvgIpc) is 3.01. The first-order chi connectivity index (χ1) is 12.6. The molecule has 1 N–H and O–H groups in total. The van der Waals surface area contributed by atoms with Gasteiger partial charge in [-0.05, 0) is 38.3 Å². The van der Waals surface area contributed by atoms with Crippen molar-refractivity contribution in [3.8, 4) is 11.5 Å². The number of anilines is 1. The number of hydrogen-bond acceptors (Lipinski definition) is 4. The summed E-state index contributed by atoms with van der Waals surface area (Å²) in [4.78, 5) is 28.6. The van der Waals surface area contributed by atoms with Crippen LogP contribution in [0.5, 0.6) is 11.5 Å². The van der Waals surface area contributed by atoms with E-state index in [9.17, 15) is 9.59 Å². The summed E-state index contributed by atoms with van der Waals surface area (Å²) in [6.45, 7) is 4.40. The van der Waals surface area contributed by atoms with Crippen LogP contribution in [0.4, 0.5) is 10.5 Å². The number of urea groups is 1. The molecule has 0 bridgehead atoms. The summed E-state index contributed by atoms with van der Waals surface area (Å²) in [5.74, 6) is 1.38. The van der Waals surface area contributed by atoms with Gasteiger partial charge in [-0.1, -0.05) is 0 Å². The van der Waals surface area contributed by atoms with E-state index >= 15 is 0 Å². The molecule has 0 saturated carbocycles. The molecule has 0 radical (unpaired) electrons. The molecule has 4 rings (SSSR count). The molecule has 0 aliphatic carbocycles. The van der Waals surface area contributed by atoms with Crippen LogP contribution in [0.3, 0.4) is 0 Å². The number of nitrogens with one attached hydrogen (secondary N) is 1. The fourth-order valence-electron chi connectivity index (χ4n) is 3.91. The first-order valence-corrected chi connectivity index (χ1v) is 9.39. The largest absolute Gasteiger partial charge is 0.486 e. The van der Waals surface area contributed by atoms with Gasteiger partial charge in [-0.15, -0.1) is 0 Å². The van der Waals surface area contributed by atoms with E-state index in [0.717, 1.165) is 25.1 Å². The number of carbonyl (C=O) groups is 2. The molecular formula is C19H25N3O4. The average molecular weight is 359 g/mol. The minimum absolute atomic E-state index is 0.0127. The summed E-state index contributed by atoms with van der Waals surface area (Å²) in [6.07, 6.45) is 3.58. The predicted molar refractivity (Wildman–Crippen MR) is 96.7 cm³/mol. The topological polar surface area (TPSA) is 71.1 Å². The Bertz CT molecular complexity index is 708. The maximum atomic E-state index is 12.6. The second-order valence-corrected chi connectivity index (χ2v) is 7.22. The fraction of sp³-hybridized carbons (Fsp3) is 0.579. The van der Waals surface area contributed by atoms with Gasteiger partial charge < -0.3 is 24.6 Å². The molecule has 0 unspecified atom stereocenters. The summed E-state index contributed by atoms with van der Waals surface area (Å²) in [7, 11) is 0. The van der Waals surface area contributed by atoms with Crippen molar-refractivity contribution in [1.29, 1.82) is 0 Å². The minimum atomic E-state index is -0.169. The molecule has 1 aromatic carbocycles.